The van der Waals surface area contributed by atoms with Gasteiger partial charge in [-0.25, -0.2) is 4.98 Å². The van der Waals surface area contributed by atoms with E-state index >= 15 is 0 Å². The largest absolute Gasteiger partial charge is 0.324 e. The van der Waals surface area contributed by atoms with Gasteiger partial charge in [-0.05, 0) is 49.4 Å². The van der Waals surface area contributed by atoms with Crippen molar-refractivity contribution in [2.24, 2.45) is 0 Å². The van der Waals surface area contributed by atoms with E-state index in [2.05, 4.69) is 28.6 Å². The van der Waals surface area contributed by atoms with Crippen LogP contribution in [0.1, 0.15) is 18.1 Å². The summed E-state index contributed by atoms with van der Waals surface area (Å²) >= 11 is 0. The molecule has 0 fully saturated rings. The smallest absolute Gasteiger partial charge is 0.141 e. The fourth-order valence-electron chi connectivity index (χ4n) is 2.43. The average Bonchev–Trinajstić information content (AvgIpc) is 2.92. The minimum absolute atomic E-state index is 0.606. The molecule has 3 aromatic rings. The zero-order valence-corrected chi connectivity index (χ0v) is 11.5. The molecule has 0 amide bonds. The predicted molar refractivity (Wildman–Crippen MR) is 80.3 cm³/mol. The van der Waals surface area contributed by atoms with Gasteiger partial charge in [-0.2, -0.15) is 10.5 Å². The minimum atomic E-state index is 0.606. The molecular formula is C17H12N4. The number of fused-ring (bicyclic) bond motifs is 1. The highest BCUT2D eigenvalue weighted by Crippen LogP contribution is 2.25. The van der Waals surface area contributed by atoms with E-state index in [0.29, 0.717) is 11.1 Å². The maximum atomic E-state index is 8.99. The van der Waals surface area contributed by atoms with Crippen molar-refractivity contribution in [1.29, 1.82) is 10.5 Å². The Hall–Kier alpha value is -3.11. The van der Waals surface area contributed by atoms with Gasteiger partial charge in [-0.3, -0.25) is 0 Å². The molecule has 3 rings (SSSR count). The SMILES string of the molecule is CCn1c(-c2ccc(C#N)cc2)nc2cc(C#N)ccc21. The first-order valence-electron chi connectivity index (χ1n) is 6.67. The molecule has 0 aliphatic rings. The zero-order chi connectivity index (χ0) is 14.8. The number of aromatic nitrogens is 2. The molecule has 0 radical (unpaired) electrons. The Balaban J connectivity index is 2.21. The summed E-state index contributed by atoms with van der Waals surface area (Å²) in [4.78, 5) is 4.65. The molecule has 2 aromatic carbocycles. The number of imidazole rings is 1. The lowest BCUT2D eigenvalue weighted by atomic mass is 10.1. The average molecular weight is 272 g/mol. The summed E-state index contributed by atoms with van der Waals surface area (Å²) in [5.74, 6) is 0.854. The third kappa shape index (κ3) is 2.13. The van der Waals surface area contributed by atoms with Crippen LogP contribution in [0, 0.1) is 22.7 Å². The monoisotopic (exact) mass is 272 g/mol. The van der Waals surface area contributed by atoms with Gasteiger partial charge < -0.3 is 4.57 Å². The molecule has 4 nitrogen and oxygen atoms in total. The van der Waals surface area contributed by atoms with E-state index in [4.69, 9.17) is 10.5 Å². The van der Waals surface area contributed by atoms with Crippen LogP contribution in [0.2, 0.25) is 0 Å². The van der Waals surface area contributed by atoms with Crippen molar-refractivity contribution >= 4 is 11.0 Å². The van der Waals surface area contributed by atoms with E-state index in [1.54, 1.807) is 24.3 Å². The fourth-order valence-corrected chi connectivity index (χ4v) is 2.43. The van der Waals surface area contributed by atoms with Gasteiger partial charge in [0.2, 0.25) is 0 Å². The normalized spacial score (nSPS) is 10.2. The number of benzene rings is 2. The van der Waals surface area contributed by atoms with Crippen LogP contribution in [-0.4, -0.2) is 9.55 Å². The summed E-state index contributed by atoms with van der Waals surface area (Å²) in [6, 6.07) is 17.2. The van der Waals surface area contributed by atoms with Crippen molar-refractivity contribution in [1.82, 2.24) is 9.55 Å². The van der Waals surface area contributed by atoms with Crippen LogP contribution in [0.4, 0.5) is 0 Å². The second-order valence-electron chi connectivity index (χ2n) is 4.68. The van der Waals surface area contributed by atoms with Crippen LogP contribution in [0.25, 0.3) is 22.4 Å². The number of aryl methyl sites for hydroxylation is 1. The van der Waals surface area contributed by atoms with Crippen LogP contribution in [0.15, 0.2) is 42.5 Å². The minimum Gasteiger partial charge on any atom is -0.324 e. The molecule has 0 spiro atoms. The fraction of sp³-hybridized carbons (Fsp3) is 0.118. The summed E-state index contributed by atoms with van der Waals surface area (Å²) in [5, 5.41) is 17.9. The van der Waals surface area contributed by atoms with E-state index in [0.717, 1.165) is 29.0 Å². The van der Waals surface area contributed by atoms with Gasteiger partial charge in [0.15, 0.2) is 0 Å². The lowest BCUT2D eigenvalue weighted by Crippen LogP contribution is -1.97. The second-order valence-corrected chi connectivity index (χ2v) is 4.68. The lowest BCUT2D eigenvalue weighted by Gasteiger charge is -2.06. The van der Waals surface area contributed by atoms with Crippen LogP contribution in [0.5, 0.6) is 0 Å². The molecule has 0 aliphatic carbocycles. The first kappa shape index (κ1) is 12.9. The van der Waals surface area contributed by atoms with Gasteiger partial charge in [0, 0.05) is 12.1 Å². The van der Waals surface area contributed by atoms with Crippen LogP contribution in [-0.2, 0) is 6.54 Å². The summed E-state index contributed by atoms with van der Waals surface area (Å²) in [7, 11) is 0. The van der Waals surface area contributed by atoms with E-state index < -0.39 is 0 Å². The van der Waals surface area contributed by atoms with Crippen molar-refractivity contribution in [3.63, 3.8) is 0 Å². The number of hydrogen-bond donors (Lipinski definition) is 0. The van der Waals surface area contributed by atoms with Crippen LogP contribution >= 0.6 is 0 Å². The zero-order valence-electron chi connectivity index (χ0n) is 11.5. The number of rotatable bonds is 2. The molecule has 0 saturated heterocycles. The predicted octanol–water partition coefficient (Wildman–Crippen LogP) is 3.47. The topological polar surface area (TPSA) is 65.4 Å². The molecule has 1 heterocycles. The Bertz CT molecular complexity index is 889. The van der Waals surface area contributed by atoms with Gasteiger partial charge in [-0.15, -0.1) is 0 Å². The third-order valence-corrected chi connectivity index (χ3v) is 3.47. The standard InChI is InChI=1S/C17H12N4/c1-2-21-16-8-5-13(11-19)9-15(16)20-17(21)14-6-3-12(10-18)4-7-14/h3-9H,2H2,1H3. The molecule has 100 valence electrons. The molecule has 0 saturated carbocycles. The molecule has 0 N–H and O–H groups in total. The van der Waals surface area contributed by atoms with Gasteiger partial charge in [0.1, 0.15) is 5.82 Å². The maximum Gasteiger partial charge on any atom is 0.141 e. The molecular weight excluding hydrogens is 260 g/mol. The van der Waals surface area contributed by atoms with Crippen molar-refractivity contribution in [3.8, 4) is 23.5 Å². The first-order valence-corrected chi connectivity index (χ1v) is 6.67. The highest BCUT2D eigenvalue weighted by molar-refractivity contribution is 5.82. The van der Waals surface area contributed by atoms with Gasteiger partial charge in [0.25, 0.3) is 0 Å². The summed E-state index contributed by atoms with van der Waals surface area (Å²) in [6.07, 6.45) is 0. The van der Waals surface area contributed by atoms with Crippen molar-refractivity contribution in [2.75, 3.05) is 0 Å². The summed E-state index contributed by atoms with van der Waals surface area (Å²) in [6.45, 7) is 2.85. The van der Waals surface area contributed by atoms with Gasteiger partial charge >= 0.3 is 0 Å². The van der Waals surface area contributed by atoms with Crippen LogP contribution in [0.3, 0.4) is 0 Å². The molecule has 21 heavy (non-hydrogen) atoms. The van der Waals surface area contributed by atoms with Gasteiger partial charge in [-0.1, -0.05) is 0 Å². The molecule has 0 bridgehead atoms. The van der Waals surface area contributed by atoms with Gasteiger partial charge in [0.05, 0.1) is 34.3 Å². The van der Waals surface area contributed by atoms with E-state index in [1.807, 2.05) is 18.2 Å². The Morgan fingerprint density at radius 3 is 2.29 bits per heavy atom. The van der Waals surface area contributed by atoms with Crippen molar-refractivity contribution < 1.29 is 0 Å². The highest BCUT2D eigenvalue weighted by Gasteiger charge is 2.11. The quantitative estimate of drug-likeness (QED) is 0.717. The Morgan fingerprint density at radius 2 is 1.67 bits per heavy atom. The van der Waals surface area contributed by atoms with E-state index in [-0.39, 0.29) is 0 Å². The Kier molecular flexibility index (Phi) is 3.14. The third-order valence-electron chi connectivity index (χ3n) is 3.47. The molecule has 4 heteroatoms. The molecule has 0 aliphatic heterocycles. The van der Waals surface area contributed by atoms with Crippen molar-refractivity contribution in [3.05, 3.63) is 53.6 Å². The maximum absolute atomic E-state index is 8.99. The summed E-state index contributed by atoms with van der Waals surface area (Å²) < 4.78 is 2.11. The highest BCUT2D eigenvalue weighted by atomic mass is 15.1. The van der Waals surface area contributed by atoms with Crippen molar-refractivity contribution in [2.45, 2.75) is 13.5 Å². The second kappa shape index (κ2) is 5.11. The lowest BCUT2D eigenvalue weighted by molar-refractivity contribution is 0.796. The first-order chi connectivity index (χ1) is 10.3. The van der Waals surface area contributed by atoms with Crippen LogP contribution < -0.4 is 0 Å². The number of nitriles is 2. The summed E-state index contributed by atoms with van der Waals surface area (Å²) in [5.41, 5.74) is 4.02. The van der Waals surface area contributed by atoms with E-state index in [9.17, 15) is 0 Å². The molecule has 0 unspecified atom stereocenters. The Morgan fingerprint density at radius 1 is 1.00 bits per heavy atom. The van der Waals surface area contributed by atoms with E-state index in [1.165, 1.54) is 0 Å². The molecule has 1 aromatic heterocycles. The number of hydrogen-bond acceptors (Lipinski definition) is 3. The molecule has 0 atom stereocenters. The number of nitrogens with zero attached hydrogens (tertiary/aromatic N) is 4. The Labute approximate surface area is 122 Å².